The fourth-order valence-electron chi connectivity index (χ4n) is 3.36. The summed E-state index contributed by atoms with van der Waals surface area (Å²) in [4.78, 5) is 27.2. The molecule has 0 aliphatic carbocycles. The van der Waals surface area contributed by atoms with E-state index in [1.807, 2.05) is 13.0 Å². The third-order valence-electron chi connectivity index (χ3n) is 4.73. The molecule has 0 unspecified atom stereocenters. The largest absolute Gasteiger partial charge is 0.507 e. The van der Waals surface area contributed by atoms with E-state index in [0.717, 1.165) is 37.2 Å². The van der Waals surface area contributed by atoms with Crippen LogP contribution in [0, 0.1) is 6.92 Å². The van der Waals surface area contributed by atoms with Gasteiger partial charge in [0, 0.05) is 29.9 Å². The molecular weight excluding hydrogens is 314 g/mol. The van der Waals surface area contributed by atoms with Gasteiger partial charge in [-0.1, -0.05) is 11.6 Å². The number of nitrogens with zero attached hydrogens (tertiary/aromatic N) is 1. The Kier molecular flexibility index (Phi) is 4.88. The SMILES string of the molecule is CC(=O)c1cc(C(=O)c2cc(C)ccc2O)ccc1N1CCCCC1. The van der Waals surface area contributed by atoms with Crippen LogP contribution < -0.4 is 4.90 Å². The van der Waals surface area contributed by atoms with Crippen molar-refractivity contribution in [1.82, 2.24) is 0 Å². The van der Waals surface area contributed by atoms with E-state index in [1.54, 1.807) is 24.3 Å². The fourth-order valence-corrected chi connectivity index (χ4v) is 3.36. The number of rotatable bonds is 4. The van der Waals surface area contributed by atoms with Crippen molar-refractivity contribution in [3.8, 4) is 5.75 Å². The summed E-state index contributed by atoms with van der Waals surface area (Å²) in [7, 11) is 0. The summed E-state index contributed by atoms with van der Waals surface area (Å²) >= 11 is 0. The molecule has 0 atom stereocenters. The van der Waals surface area contributed by atoms with E-state index in [9.17, 15) is 14.7 Å². The van der Waals surface area contributed by atoms with Gasteiger partial charge in [-0.05, 0) is 63.4 Å². The van der Waals surface area contributed by atoms with Gasteiger partial charge in [0.25, 0.3) is 0 Å². The molecule has 0 bridgehead atoms. The van der Waals surface area contributed by atoms with E-state index in [1.165, 1.54) is 19.4 Å². The van der Waals surface area contributed by atoms with Crippen LogP contribution in [0.25, 0.3) is 0 Å². The lowest BCUT2D eigenvalue weighted by atomic mass is 9.96. The van der Waals surface area contributed by atoms with Crippen molar-refractivity contribution in [3.05, 3.63) is 58.7 Å². The summed E-state index contributed by atoms with van der Waals surface area (Å²) in [5.41, 5.74) is 3.06. The number of hydrogen-bond donors (Lipinski definition) is 1. The molecule has 1 aliphatic heterocycles. The average Bonchev–Trinajstić information content (AvgIpc) is 2.63. The van der Waals surface area contributed by atoms with Crippen LogP contribution in [-0.4, -0.2) is 29.8 Å². The molecule has 25 heavy (non-hydrogen) atoms. The lowest BCUT2D eigenvalue weighted by molar-refractivity contribution is 0.101. The first-order chi connectivity index (χ1) is 12.0. The summed E-state index contributed by atoms with van der Waals surface area (Å²) in [5.74, 6) is -0.363. The molecule has 2 aromatic rings. The molecule has 4 nitrogen and oxygen atoms in total. The number of anilines is 1. The maximum atomic E-state index is 12.8. The molecule has 1 heterocycles. The van der Waals surface area contributed by atoms with Gasteiger partial charge >= 0.3 is 0 Å². The molecule has 1 aliphatic rings. The second kappa shape index (κ2) is 7.09. The summed E-state index contributed by atoms with van der Waals surface area (Å²) in [5, 5.41) is 10.0. The number of carbonyl (C=O) groups excluding carboxylic acids is 2. The van der Waals surface area contributed by atoms with Crippen LogP contribution >= 0.6 is 0 Å². The smallest absolute Gasteiger partial charge is 0.196 e. The second-order valence-electron chi connectivity index (χ2n) is 6.69. The molecule has 0 aromatic heterocycles. The van der Waals surface area contributed by atoms with Gasteiger partial charge in [-0.2, -0.15) is 0 Å². The molecule has 0 spiro atoms. The number of Topliss-reactive ketones (excluding diaryl/α,β-unsaturated/α-hetero) is 1. The molecule has 1 fully saturated rings. The Morgan fingerprint density at radius 1 is 0.960 bits per heavy atom. The lowest BCUT2D eigenvalue weighted by Gasteiger charge is -2.30. The van der Waals surface area contributed by atoms with Gasteiger partial charge < -0.3 is 10.0 Å². The molecule has 0 radical (unpaired) electrons. The van der Waals surface area contributed by atoms with Gasteiger partial charge in [0.15, 0.2) is 11.6 Å². The number of aryl methyl sites for hydroxylation is 1. The lowest BCUT2D eigenvalue weighted by Crippen LogP contribution is -2.30. The molecule has 3 rings (SSSR count). The van der Waals surface area contributed by atoms with Crippen LogP contribution in [0.15, 0.2) is 36.4 Å². The number of piperidine rings is 1. The number of phenolic OH excluding ortho intramolecular Hbond substituents is 1. The Labute approximate surface area is 148 Å². The Balaban J connectivity index is 2.00. The first kappa shape index (κ1) is 17.2. The van der Waals surface area contributed by atoms with Gasteiger partial charge in [-0.3, -0.25) is 9.59 Å². The van der Waals surface area contributed by atoms with E-state index in [-0.39, 0.29) is 22.9 Å². The Morgan fingerprint density at radius 3 is 2.36 bits per heavy atom. The molecular formula is C21H23NO3. The minimum absolute atomic E-state index is 0.0416. The van der Waals surface area contributed by atoms with E-state index in [2.05, 4.69) is 4.90 Å². The standard InChI is InChI=1S/C21H23NO3/c1-14-6-9-20(24)18(12-14)21(25)16-7-8-19(17(13-16)15(2)23)22-10-4-3-5-11-22/h6-9,12-13,24H,3-5,10-11H2,1-2H3. The highest BCUT2D eigenvalue weighted by atomic mass is 16.3. The molecule has 130 valence electrons. The predicted molar refractivity (Wildman–Crippen MR) is 98.8 cm³/mol. The van der Waals surface area contributed by atoms with Crippen molar-refractivity contribution in [2.24, 2.45) is 0 Å². The number of hydrogen-bond acceptors (Lipinski definition) is 4. The molecule has 2 aromatic carbocycles. The first-order valence-electron chi connectivity index (χ1n) is 8.71. The van der Waals surface area contributed by atoms with Crippen LogP contribution in [0.3, 0.4) is 0 Å². The monoisotopic (exact) mass is 337 g/mol. The molecule has 0 saturated carbocycles. The highest BCUT2D eigenvalue weighted by Gasteiger charge is 2.20. The maximum Gasteiger partial charge on any atom is 0.196 e. The van der Waals surface area contributed by atoms with Crippen LogP contribution in [0.1, 0.15) is 58.0 Å². The van der Waals surface area contributed by atoms with Crippen LogP contribution in [0.5, 0.6) is 5.75 Å². The predicted octanol–water partition coefficient (Wildman–Crippen LogP) is 4.12. The topological polar surface area (TPSA) is 57.6 Å². The van der Waals surface area contributed by atoms with Crippen molar-refractivity contribution in [3.63, 3.8) is 0 Å². The zero-order chi connectivity index (χ0) is 18.0. The van der Waals surface area contributed by atoms with Crippen molar-refractivity contribution >= 4 is 17.3 Å². The number of ketones is 2. The maximum absolute atomic E-state index is 12.8. The molecule has 4 heteroatoms. The normalized spacial score (nSPS) is 14.4. The number of phenols is 1. The second-order valence-corrected chi connectivity index (χ2v) is 6.69. The van der Waals surface area contributed by atoms with Gasteiger partial charge in [0.2, 0.25) is 0 Å². The Morgan fingerprint density at radius 2 is 1.68 bits per heavy atom. The number of aromatic hydroxyl groups is 1. The molecule has 1 N–H and O–H groups in total. The van der Waals surface area contributed by atoms with E-state index in [0.29, 0.717) is 11.1 Å². The highest BCUT2D eigenvalue weighted by Crippen LogP contribution is 2.28. The third-order valence-corrected chi connectivity index (χ3v) is 4.73. The summed E-state index contributed by atoms with van der Waals surface area (Å²) in [6.07, 6.45) is 3.46. The summed E-state index contributed by atoms with van der Waals surface area (Å²) in [6, 6.07) is 10.2. The summed E-state index contributed by atoms with van der Waals surface area (Å²) < 4.78 is 0. The third kappa shape index (κ3) is 3.58. The quantitative estimate of drug-likeness (QED) is 0.853. The fraction of sp³-hybridized carbons (Fsp3) is 0.333. The molecule has 0 amide bonds. The minimum Gasteiger partial charge on any atom is -0.507 e. The zero-order valence-electron chi connectivity index (χ0n) is 14.7. The highest BCUT2D eigenvalue weighted by molar-refractivity contribution is 6.12. The van der Waals surface area contributed by atoms with Gasteiger partial charge in [-0.15, -0.1) is 0 Å². The van der Waals surface area contributed by atoms with E-state index >= 15 is 0 Å². The molecule has 1 saturated heterocycles. The average molecular weight is 337 g/mol. The van der Waals surface area contributed by atoms with Crippen molar-refractivity contribution in [2.45, 2.75) is 33.1 Å². The Hall–Kier alpha value is -2.62. The van der Waals surface area contributed by atoms with E-state index in [4.69, 9.17) is 0 Å². The van der Waals surface area contributed by atoms with E-state index < -0.39 is 0 Å². The first-order valence-corrected chi connectivity index (χ1v) is 8.71. The van der Waals surface area contributed by atoms with Gasteiger partial charge in [-0.25, -0.2) is 0 Å². The van der Waals surface area contributed by atoms with Crippen LogP contribution in [0.4, 0.5) is 5.69 Å². The van der Waals surface area contributed by atoms with Crippen LogP contribution in [-0.2, 0) is 0 Å². The number of benzene rings is 2. The Bertz CT molecular complexity index is 820. The zero-order valence-corrected chi connectivity index (χ0v) is 14.7. The van der Waals surface area contributed by atoms with Gasteiger partial charge in [0.1, 0.15) is 5.75 Å². The summed E-state index contributed by atoms with van der Waals surface area (Å²) in [6.45, 7) is 5.27. The van der Waals surface area contributed by atoms with Crippen molar-refractivity contribution < 1.29 is 14.7 Å². The van der Waals surface area contributed by atoms with Gasteiger partial charge in [0.05, 0.1) is 5.56 Å². The van der Waals surface area contributed by atoms with Crippen molar-refractivity contribution in [2.75, 3.05) is 18.0 Å². The van der Waals surface area contributed by atoms with Crippen LogP contribution in [0.2, 0.25) is 0 Å². The van der Waals surface area contributed by atoms with Crippen molar-refractivity contribution in [1.29, 1.82) is 0 Å². The minimum atomic E-state index is -0.270. The number of carbonyl (C=O) groups is 2.